The Kier molecular flexibility index (Phi) is 4.77. The van der Waals surface area contributed by atoms with Crippen LogP contribution in [0, 0.1) is 5.41 Å². The zero-order chi connectivity index (χ0) is 12.3. The molecule has 0 spiro atoms. The van der Waals surface area contributed by atoms with Crippen molar-refractivity contribution in [3.63, 3.8) is 0 Å². The standard InChI is InChI=1S/C10H18F3NO/c1-8(15)9(2,3)7-14(4)6-5-10(11,12)13/h5-7H2,1-4H3. The Morgan fingerprint density at radius 3 is 2.07 bits per heavy atom. The molecule has 15 heavy (non-hydrogen) atoms. The number of carbonyl (C=O) groups excluding carboxylic acids is 1. The molecular formula is C10H18F3NO. The van der Waals surface area contributed by atoms with Crippen molar-refractivity contribution in [3.05, 3.63) is 0 Å². The summed E-state index contributed by atoms with van der Waals surface area (Å²) in [5.74, 6) is -0.0126. The van der Waals surface area contributed by atoms with E-state index < -0.39 is 18.0 Å². The molecule has 0 unspecified atom stereocenters. The lowest BCUT2D eigenvalue weighted by atomic mass is 9.88. The third kappa shape index (κ3) is 6.49. The number of hydrogen-bond acceptors (Lipinski definition) is 2. The van der Waals surface area contributed by atoms with Crippen LogP contribution in [0.4, 0.5) is 13.2 Å². The molecule has 0 saturated heterocycles. The smallest absolute Gasteiger partial charge is 0.305 e. The van der Waals surface area contributed by atoms with E-state index in [4.69, 9.17) is 0 Å². The van der Waals surface area contributed by atoms with Crippen molar-refractivity contribution in [3.8, 4) is 0 Å². The molecule has 0 amide bonds. The summed E-state index contributed by atoms with van der Waals surface area (Å²) in [7, 11) is 1.59. The number of rotatable bonds is 5. The summed E-state index contributed by atoms with van der Waals surface area (Å²) in [6.07, 6.45) is -4.97. The van der Waals surface area contributed by atoms with Gasteiger partial charge in [-0.25, -0.2) is 0 Å². The SMILES string of the molecule is CC(=O)C(C)(C)CN(C)CCC(F)(F)F. The highest BCUT2D eigenvalue weighted by Crippen LogP contribution is 2.22. The van der Waals surface area contributed by atoms with Crippen molar-refractivity contribution in [2.45, 2.75) is 33.4 Å². The average molecular weight is 225 g/mol. The Labute approximate surface area is 88.4 Å². The third-order valence-corrected chi connectivity index (χ3v) is 2.40. The lowest BCUT2D eigenvalue weighted by Gasteiger charge is -2.28. The number of carbonyl (C=O) groups is 1. The Balaban J connectivity index is 4.04. The molecule has 0 aromatic heterocycles. The van der Waals surface area contributed by atoms with Crippen LogP contribution in [0.1, 0.15) is 27.2 Å². The molecule has 5 heteroatoms. The summed E-state index contributed by atoms with van der Waals surface area (Å²) in [6, 6.07) is 0. The van der Waals surface area contributed by atoms with Crippen LogP contribution in [-0.4, -0.2) is 37.0 Å². The maximum absolute atomic E-state index is 11.9. The van der Waals surface area contributed by atoms with Gasteiger partial charge in [-0.15, -0.1) is 0 Å². The summed E-state index contributed by atoms with van der Waals surface area (Å²) in [6.45, 7) is 5.20. The van der Waals surface area contributed by atoms with Crippen LogP contribution in [0.3, 0.4) is 0 Å². The quantitative estimate of drug-likeness (QED) is 0.716. The van der Waals surface area contributed by atoms with Gasteiger partial charge in [-0.05, 0) is 14.0 Å². The number of Topliss-reactive ketones (excluding diaryl/α,β-unsaturated/α-hetero) is 1. The minimum atomic E-state index is -4.13. The summed E-state index contributed by atoms with van der Waals surface area (Å²) in [4.78, 5) is 12.7. The number of nitrogens with zero attached hydrogens (tertiary/aromatic N) is 1. The molecule has 0 aromatic carbocycles. The minimum Gasteiger partial charge on any atom is -0.305 e. The average Bonchev–Trinajstić information content (AvgIpc) is 1.98. The van der Waals surface area contributed by atoms with Gasteiger partial charge in [-0.1, -0.05) is 13.8 Å². The third-order valence-electron chi connectivity index (χ3n) is 2.40. The van der Waals surface area contributed by atoms with Crippen LogP contribution in [0.2, 0.25) is 0 Å². The highest BCUT2D eigenvalue weighted by molar-refractivity contribution is 5.81. The van der Waals surface area contributed by atoms with E-state index in [1.54, 1.807) is 20.9 Å². The van der Waals surface area contributed by atoms with Crippen LogP contribution >= 0.6 is 0 Å². The van der Waals surface area contributed by atoms with Gasteiger partial charge in [0.2, 0.25) is 0 Å². The molecule has 2 nitrogen and oxygen atoms in total. The van der Waals surface area contributed by atoms with Gasteiger partial charge in [0.05, 0.1) is 6.42 Å². The minimum absolute atomic E-state index is 0.0126. The molecule has 0 bridgehead atoms. The Morgan fingerprint density at radius 1 is 1.27 bits per heavy atom. The zero-order valence-electron chi connectivity index (χ0n) is 9.61. The van der Waals surface area contributed by atoms with Gasteiger partial charge in [0, 0.05) is 18.5 Å². The van der Waals surface area contributed by atoms with E-state index in [0.717, 1.165) is 0 Å². The predicted octanol–water partition coefficient (Wildman–Crippen LogP) is 2.49. The molecule has 0 aliphatic carbocycles. The lowest BCUT2D eigenvalue weighted by Crippen LogP contribution is -2.37. The second-order valence-electron chi connectivity index (χ2n) is 4.54. The maximum Gasteiger partial charge on any atom is 0.390 e. The van der Waals surface area contributed by atoms with Crippen LogP contribution in [-0.2, 0) is 4.79 Å². The van der Waals surface area contributed by atoms with Crippen LogP contribution in [0.5, 0.6) is 0 Å². The fourth-order valence-electron chi connectivity index (χ4n) is 1.18. The fourth-order valence-corrected chi connectivity index (χ4v) is 1.18. The second-order valence-corrected chi connectivity index (χ2v) is 4.54. The number of ketones is 1. The van der Waals surface area contributed by atoms with E-state index in [-0.39, 0.29) is 12.3 Å². The first-order valence-corrected chi connectivity index (χ1v) is 4.81. The van der Waals surface area contributed by atoms with Crippen LogP contribution in [0.15, 0.2) is 0 Å². The first-order chi connectivity index (χ1) is 6.54. The fraction of sp³-hybridized carbons (Fsp3) is 0.900. The first-order valence-electron chi connectivity index (χ1n) is 4.81. The summed E-state index contributed by atoms with van der Waals surface area (Å²) < 4.78 is 35.7. The van der Waals surface area contributed by atoms with E-state index in [1.165, 1.54) is 11.8 Å². The van der Waals surface area contributed by atoms with Gasteiger partial charge in [-0.3, -0.25) is 4.79 Å². The molecule has 0 atom stereocenters. The highest BCUT2D eigenvalue weighted by Gasteiger charge is 2.29. The summed E-state index contributed by atoms with van der Waals surface area (Å²) >= 11 is 0. The Morgan fingerprint density at radius 2 is 1.73 bits per heavy atom. The molecule has 0 aliphatic rings. The van der Waals surface area contributed by atoms with E-state index >= 15 is 0 Å². The molecule has 0 heterocycles. The highest BCUT2D eigenvalue weighted by atomic mass is 19.4. The molecule has 0 aromatic rings. The maximum atomic E-state index is 11.9. The van der Waals surface area contributed by atoms with Gasteiger partial charge in [0.25, 0.3) is 0 Å². The molecule has 0 aliphatic heterocycles. The Bertz CT molecular complexity index is 223. The zero-order valence-corrected chi connectivity index (χ0v) is 9.61. The topological polar surface area (TPSA) is 20.3 Å². The van der Waals surface area contributed by atoms with E-state index in [0.29, 0.717) is 6.54 Å². The molecule has 90 valence electrons. The monoisotopic (exact) mass is 225 g/mol. The molecule has 0 rings (SSSR count). The van der Waals surface area contributed by atoms with Gasteiger partial charge in [-0.2, -0.15) is 13.2 Å². The van der Waals surface area contributed by atoms with Crippen molar-refractivity contribution in [2.75, 3.05) is 20.1 Å². The molecule has 0 fully saturated rings. The normalized spacial score (nSPS) is 13.3. The van der Waals surface area contributed by atoms with Gasteiger partial charge in [0.15, 0.2) is 0 Å². The van der Waals surface area contributed by atoms with Crippen molar-refractivity contribution in [1.29, 1.82) is 0 Å². The number of halogens is 3. The van der Waals surface area contributed by atoms with Crippen molar-refractivity contribution < 1.29 is 18.0 Å². The van der Waals surface area contributed by atoms with Crippen molar-refractivity contribution >= 4 is 5.78 Å². The number of alkyl halides is 3. The van der Waals surface area contributed by atoms with E-state index in [1.807, 2.05) is 0 Å². The molecular weight excluding hydrogens is 207 g/mol. The van der Waals surface area contributed by atoms with E-state index in [2.05, 4.69) is 0 Å². The molecule has 0 N–H and O–H groups in total. The van der Waals surface area contributed by atoms with Crippen molar-refractivity contribution in [1.82, 2.24) is 4.90 Å². The summed E-state index contributed by atoms with van der Waals surface area (Å²) in [5, 5.41) is 0. The Hall–Kier alpha value is -0.580. The number of hydrogen-bond donors (Lipinski definition) is 0. The largest absolute Gasteiger partial charge is 0.390 e. The first kappa shape index (κ1) is 14.4. The van der Waals surface area contributed by atoms with Crippen LogP contribution in [0.25, 0.3) is 0 Å². The summed E-state index contributed by atoms with van der Waals surface area (Å²) in [5.41, 5.74) is -0.583. The van der Waals surface area contributed by atoms with Crippen LogP contribution < -0.4 is 0 Å². The second kappa shape index (κ2) is 4.96. The van der Waals surface area contributed by atoms with Gasteiger partial charge in [0.1, 0.15) is 5.78 Å². The van der Waals surface area contributed by atoms with Crippen molar-refractivity contribution in [2.24, 2.45) is 5.41 Å². The predicted molar refractivity (Wildman–Crippen MR) is 52.6 cm³/mol. The van der Waals surface area contributed by atoms with Gasteiger partial charge < -0.3 is 4.90 Å². The molecule has 0 radical (unpaired) electrons. The van der Waals surface area contributed by atoms with Gasteiger partial charge >= 0.3 is 6.18 Å². The molecule has 0 saturated carbocycles. The lowest BCUT2D eigenvalue weighted by molar-refractivity contribution is -0.138. The van der Waals surface area contributed by atoms with E-state index in [9.17, 15) is 18.0 Å².